The Hall–Kier alpha value is -1.95. The molecule has 1 heterocycles. The van der Waals surface area contributed by atoms with Crippen LogP contribution in [0.1, 0.15) is 19.4 Å². The molecular formula is C13H19N5O. The minimum atomic E-state index is 0.0649. The van der Waals surface area contributed by atoms with Crippen LogP contribution in [-0.4, -0.2) is 32.9 Å². The molecule has 0 aliphatic heterocycles. The quantitative estimate of drug-likeness (QED) is 0.828. The van der Waals surface area contributed by atoms with E-state index in [2.05, 4.69) is 15.5 Å². The normalized spacial score (nSPS) is 12.6. The second kappa shape index (κ2) is 5.79. The Morgan fingerprint density at radius 3 is 2.89 bits per heavy atom. The zero-order chi connectivity index (χ0) is 13.8. The third-order valence-corrected chi connectivity index (χ3v) is 2.95. The summed E-state index contributed by atoms with van der Waals surface area (Å²) < 4.78 is 7.25. The van der Waals surface area contributed by atoms with E-state index in [-0.39, 0.29) is 6.10 Å². The lowest BCUT2D eigenvalue weighted by molar-refractivity contribution is 0.0614. The van der Waals surface area contributed by atoms with Crippen LogP contribution in [0.2, 0.25) is 0 Å². The first-order chi connectivity index (χ1) is 9.11. The Morgan fingerprint density at radius 1 is 1.42 bits per heavy atom. The van der Waals surface area contributed by atoms with Gasteiger partial charge in [0.15, 0.2) is 5.82 Å². The molecule has 2 rings (SSSR count). The lowest BCUT2D eigenvalue weighted by Crippen LogP contribution is -2.18. The first-order valence-electron chi connectivity index (χ1n) is 6.36. The molecule has 1 aromatic carbocycles. The zero-order valence-corrected chi connectivity index (χ0v) is 11.5. The summed E-state index contributed by atoms with van der Waals surface area (Å²) in [5.74, 6) is 0.707. The van der Waals surface area contributed by atoms with Gasteiger partial charge in [0.05, 0.1) is 12.6 Å². The number of nitrogens with two attached hydrogens (primary N) is 1. The van der Waals surface area contributed by atoms with E-state index < -0.39 is 0 Å². The highest BCUT2D eigenvalue weighted by Crippen LogP contribution is 2.21. The lowest BCUT2D eigenvalue weighted by Gasteiger charge is -2.12. The van der Waals surface area contributed by atoms with Crippen LogP contribution in [0, 0.1) is 6.92 Å². The minimum Gasteiger partial charge on any atom is -0.398 e. The van der Waals surface area contributed by atoms with Crippen molar-refractivity contribution in [2.75, 3.05) is 12.3 Å². The summed E-state index contributed by atoms with van der Waals surface area (Å²) in [4.78, 5) is 0. The number of aromatic nitrogens is 4. The van der Waals surface area contributed by atoms with Crippen LogP contribution in [-0.2, 0) is 11.3 Å². The summed E-state index contributed by atoms with van der Waals surface area (Å²) in [7, 11) is 0. The highest BCUT2D eigenvalue weighted by Gasteiger charge is 2.12. The van der Waals surface area contributed by atoms with Crippen LogP contribution < -0.4 is 5.73 Å². The summed E-state index contributed by atoms with van der Waals surface area (Å²) in [5.41, 5.74) is 8.62. The van der Waals surface area contributed by atoms with Crippen LogP contribution in [0.25, 0.3) is 11.4 Å². The number of anilines is 1. The molecule has 1 atom stereocenters. The Bertz CT molecular complexity index is 552. The monoisotopic (exact) mass is 261 g/mol. The molecule has 0 aliphatic carbocycles. The molecule has 2 N–H and O–H groups in total. The minimum absolute atomic E-state index is 0.0649. The molecule has 0 fully saturated rings. The molecule has 0 aliphatic rings. The van der Waals surface area contributed by atoms with Crippen LogP contribution >= 0.6 is 0 Å². The second-order valence-electron chi connectivity index (χ2n) is 4.52. The van der Waals surface area contributed by atoms with Crippen molar-refractivity contribution in [3.05, 3.63) is 23.8 Å². The van der Waals surface area contributed by atoms with E-state index in [0.717, 1.165) is 16.8 Å². The Morgan fingerprint density at radius 2 is 2.21 bits per heavy atom. The predicted octanol–water partition coefficient (Wildman–Crippen LogP) is 1.66. The van der Waals surface area contributed by atoms with Crippen LogP contribution in [0.15, 0.2) is 18.2 Å². The van der Waals surface area contributed by atoms with Gasteiger partial charge >= 0.3 is 0 Å². The van der Waals surface area contributed by atoms with E-state index in [9.17, 15) is 0 Å². The molecule has 0 bridgehead atoms. The zero-order valence-electron chi connectivity index (χ0n) is 11.5. The van der Waals surface area contributed by atoms with Gasteiger partial charge in [-0.1, -0.05) is 12.1 Å². The molecule has 6 nitrogen and oxygen atoms in total. The molecule has 0 spiro atoms. The molecular weight excluding hydrogens is 242 g/mol. The summed E-state index contributed by atoms with van der Waals surface area (Å²) in [6, 6.07) is 5.83. The third kappa shape index (κ3) is 3.08. The molecule has 1 aromatic heterocycles. The van der Waals surface area contributed by atoms with Gasteiger partial charge in [-0.3, -0.25) is 0 Å². The van der Waals surface area contributed by atoms with E-state index in [1.54, 1.807) is 4.68 Å². The number of nitrogens with zero attached hydrogens (tertiary/aromatic N) is 4. The van der Waals surface area contributed by atoms with Crippen LogP contribution in [0.3, 0.4) is 0 Å². The number of aryl methyl sites for hydroxylation is 1. The van der Waals surface area contributed by atoms with Crippen LogP contribution in [0.4, 0.5) is 5.69 Å². The number of benzene rings is 1. The topological polar surface area (TPSA) is 78.8 Å². The Kier molecular flexibility index (Phi) is 4.11. The number of rotatable bonds is 5. The van der Waals surface area contributed by atoms with Gasteiger partial charge in [0.2, 0.25) is 0 Å². The molecule has 6 heteroatoms. The maximum atomic E-state index is 5.92. The molecule has 2 aromatic rings. The summed E-state index contributed by atoms with van der Waals surface area (Å²) >= 11 is 0. The van der Waals surface area contributed by atoms with Gasteiger partial charge in [-0.25, -0.2) is 4.68 Å². The van der Waals surface area contributed by atoms with Crippen molar-refractivity contribution in [1.29, 1.82) is 0 Å². The summed E-state index contributed by atoms with van der Waals surface area (Å²) in [5, 5.41) is 11.8. The lowest BCUT2D eigenvalue weighted by atomic mass is 10.1. The molecule has 0 amide bonds. The number of tetrazole rings is 1. The average Bonchev–Trinajstić information content (AvgIpc) is 2.81. The fourth-order valence-electron chi connectivity index (χ4n) is 1.89. The van der Waals surface area contributed by atoms with E-state index >= 15 is 0 Å². The maximum Gasteiger partial charge on any atom is 0.182 e. The van der Waals surface area contributed by atoms with Gasteiger partial charge in [0.1, 0.15) is 0 Å². The van der Waals surface area contributed by atoms with Gasteiger partial charge < -0.3 is 10.5 Å². The fourth-order valence-corrected chi connectivity index (χ4v) is 1.89. The molecule has 1 unspecified atom stereocenters. The van der Waals surface area contributed by atoms with Crippen molar-refractivity contribution in [2.24, 2.45) is 0 Å². The number of hydrogen-bond donors (Lipinski definition) is 1. The standard InChI is InChI=1S/C13H19N5O/c1-4-19-10(3)8-18-13(15-16-17-18)11-6-5-9(2)12(14)7-11/h5-7,10H,4,8,14H2,1-3H3. The number of nitrogen functional groups attached to an aromatic ring is 1. The summed E-state index contributed by atoms with van der Waals surface area (Å²) in [6.07, 6.45) is 0.0649. The Balaban J connectivity index is 2.25. The van der Waals surface area contributed by atoms with E-state index in [0.29, 0.717) is 19.0 Å². The van der Waals surface area contributed by atoms with Crippen molar-refractivity contribution in [1.82, 2.24) is 20.2 Å². The number of ether oxygens (including phenoxy) is 1. The smallest absolute Gasteiger partial charge is 0.182 e. The van der Waals surface area contributed by atoms with Gasteiger partial charge in [-0.05, 0) is 42.8 Å². The second-order valence-corrected chi connectivity index (χ2v) is 4.52. The first kappa shape index (κ1) is 13.5. The first-order valence-corrected chi connectivity index (χ1v) is 6.36. The highest BCUT2D eigenvalue weighted by atomic mass is 16.5. The molecule has 0 saturated carbocycles. The van der Waals surface area contributed by atoms with Gasteiger partial charge in [0, 0.05) is 17.9 Å². The van der Waals surface area contributed by atoms with E-state index in [1.807, 2.05) is 39.0 Å². The largest absolute Gasteiger partial charge is 0.398 e. The van der Waals surface area contributed by atoms with Crippen molar-refractivity contribution in [3.8, 4) is 11.4 Å². The average molecular weight is 261 g/mol. The highest BCUT2D eigenvalue weighted by molar-refractivity contribution is 5.63. The molecule has 0 radical (unpaired) electrons. The Labute approximate surface area is 112 Å². The van der Waals surface area contributed by atoms with Crippen molar-refractivity contribution in [3.63, 3.8) is 0 Å². The van der Waals surface area contributed by atoms with Crippen LogP contribution in [0.5, 0.6) is 0 Å². The van der Waals surface area contributed by atoms with Crippen molar-refractivity contribution < 1.29 is 4.74 Å². The summed E-state index contributed by atoms with van der Waals surface area (Å²) in [6.45, 7) is 7.23. The van der Waals surface area contributed by atoms with Crippen molar-refractivity contribution in [2.45, 2.75) is 33.4 Å². The SMILES string of the molecule is CCOC(C)Cn1nnnc1-c1ccc(C)c(N)c1. The molecule has 102 valence electrons. The predicted molar refractivity (Wildman–Crippen MR) is 73.5 cm³/mol. The molecule has 0 saturated heterocycles. The number of hydrogen-bond acceptors (Lipinski definition) is 5. The fraction of sp³-hybridized carbons (Fsp3) is 0.462. The molecule has 19 heavy (non-hydrogen) atoms. The van der Waals surface area contributed by atoms with E-state index in [4.69, 9.17) is 10.5 Å². The van der Waals surface area contributed by atoms with Gasteiger partial charge in [-0.2, -0.15) is 0 Å². The maximum absolute atomic E-state index is 5.92. The van der Waals surface area contributed by atoms with E-state index in [1.165, 1.54) is 0 Å². The van der Waals surface area contributed by atoms with Gasteiger partial charge in [-0.15, -0.1) is 5.10 Å². The van der Waals surface area contributed by atoms with Gasteiger partial charge in [0.25, 0.3) is 0 Å². The van der Waals surface area contributed by atoms with Crippen molar-refractivity contribution >= 4 is 5.69 Å². The third-order valence-electron chi connectivity index (χ3n) is 2.95.